The third-order valence-corrected chi connectivity index (χ3v) is 5.18. The molecule has 0 aliphatic carbocycles. The van der Waals surface area contributed by atoms with E-state index in [0.717, 1.165) is 10.0 Å². The van der Waals surface area contributed by atoms with Gasteiger partial charge in [-0.15, -0.1) is 11.3 Å². The molecule has 0 aliphatic heterocycles. The van der Waals surface area contributed by atoms with Gasteiger partial charge in [0.1, 0.15) is 0 Å². The molecular weight excluding hydrogens is 458 g/mol. The molecule has 0 fully saturated rings. The van der Waals surface area contributed by atoms with Gasteiger partial charge >= 0.3 is 0 Å². The number of carbonyl (C=O) groups is 2. The summed E-state index contributed by atoms with van der Waals surface area (Å²) in [6.45, 7) is -0.156. The van der Waals surface area contributed by atoms with Crippen molar-refractivity contribution in [1.82, 2.24) is 10.3 Å². The van der Waals surface area contributed by atoms with Crippen molar-refractivity contribution in [2.24, 2.45) is 0 Å². The predicted molar refractivity (Wildman–Crippen MR) is 116 cm³/mol. The monoisotopic (exact) mass is 475 g/mol. The Kier molecular flexibility index (Phi) is 6.84. The Morgan fingerprint density at radius 1 is 1.10 bits per heavy atom. The number of benzene rings is 2. The Morgan fingerprint density at radius 2 is 1.90 bits per heavy atom. The van der Waals surface area contributed by atoms with Crippen LogP contribution in [0, 0.1) is 0 Å². The zero-order valence-electron chi connectivity index (χ0n) is 15.7. The lowest BCUT2D eigenvalue weighted by Crippen LogP contribution is -2.32. The van der Waals surface area contributed by atoms with Gasteiger partial charge in [-0.3, -0.25) is 9.59 Å². The van der Waals surface area contributed by atoms with E-state index in [4.69, 9.17) is 9.47 Å². The van der Waals surface area contributed by atoms with E-state index in [1.807, 2.05) is 23.6 Å². The second kappa shape index (κ2) is 9.53. The van der Waals surface area contributed by atoms with E-state index in [0.29, 0.717) is 27.9 Å². The minimum absolute atomic E-state index is 0.156. The molecule has 0 saturated carbocycles. The fourth-order valence-electron chi connectivity index (χ4n) is 2.52. The largest absolute Gasteiger partial charge is 0.493 e. The number of ether oxygens (including phenoxy) is 2. The summed E-state index contributed by atoms with van der Waals surface area (Å²) in [6.07, 6.45) is 0. The van der Waals surface area contributed by atoms with Gasteiger partial charge in [-0.25, -0.2) is 4.98 Å². The number of hydrogen-bond donors (Lipinski definition) is 2. The van der Waals surface area contributed by atoms with E-state index < -0.39 is 0 Å². The summed E-state index contributed by atoms with van der Waals surface area (Å²) in [7, 11) is 3.14. The number of amides is 2. The highest BCUT2D eigenvalue weighted by atomic mass is 79.9. The number of rotatable bonds is 7. The van der Waals surface area contributed by atoms with Crippen LogP contribution in [0.4, 0.5) is 5.13 Å². The quantitative estimate of drug-likeness (QED) is 0.539. The van der Waals surface area contributed by atoms with Gasteiger partial charge in [0, 0.05) is 21.0 Å². The highest BCUT2D eigenvalue weighted by Crippen LogP contribution is 2.33. The van der Waals surface area contributed by atoms with Crippen LogP contribution in [0.25, 0.3) is 11.3 Å². The van der Waals surface area contributed by atoms with Crippen LogP contribution >= 0.6 is 27.3 Å². The fraction of sp³-hybridized carbons (Fsp3) is 0.150. The molecule has 0 spiro atoms. The second-order valence-electron chi connectivity index (χ2n) is 5.85. The van der Waals surface area contributed by atoms with Crippen LogP contribution in [-0.2, 0) is 4.79 Å². The van der Waals surface area contributed by atoms with Crippen molar-refractivity contribution in [2.75, 3.05) is 26.1 Å². The Bertz CT molecular complexity index is 1040. The summed E-state index contributed by atoms with van der Waals surface area (Å²) >= 11 is 4.61. The van der Waals surface area contributed by atoms with Crippen LogP contribution in [0.15, 0.2) is 52.3 Å². The maximum absolute atomic E-state index is 12.1. The number of hydrogen-bond acceptors (Lipinski definition) is 6. The second-order valence-corrected chi connectivity index (χ2v) is 7.62. The molecule has 0 aliphatic rings. The highest BCUT2D eigenvalue weighted by Gasteiger charge is 2.12. The summed E-state index contributed by atoms with van der Waals surface area (Å²) in [5.41, 5.74) is 2.00. The smallest absolute Gasteiger partial charge is 0.251 e. The van der Waals surface area contributed by atoms with Gasteiger partial charge in [-0.2, -0.15) is 0 Å². The maximum Gasteiger partial charge on any atom is 0.251 e. The van der Waals surface area contributed by atoms with Gasteiger partial charge in [0.15, 0.2) is 16.6 Å². The van der Waals surface area contributed by atoms with E-state index in [9.17, 15) is 9.59 Å². The molecule has 3 aromatic rings. The SMILES string of the molecule is COc1ccc(-c2csc(NC(=O)CNC(=O)c3cccc(Br)c3)n2)cc1OC. The molecule has 29 heavy (non-hydrogen) atoms. The number of halogens is 1. The Morgan fingerprint density at radius 3 is 2.62 bits per heavy atom. The van der Waals surface area contributed by atoms with Crippen LogP contribution in [0.2, 0.25) is 0 Å². The molecular formula is C20H18BrN3O4S. The van der Waals surface area contributed by atoms with Gasteiger partial charge < -0.3 is 20.1 Å². The van der Waals surface area contributed by atoms with Crippen molar-refractivity contribution in [3.05, 3.63) is 57.9 Å². The Labute approximate surface area is 180 Å². The van der Waals surface area contributed by atoms with E-state index in [-0.39, 0.29) is 18.4 Å². The normalized spacial score (nSPS) is 10.3. The van der Waals surface area contributed by atoms with Crippen molar-refractivity contribution in [3.63, 3.8) is 0 Å². The Balaban J connectivity index is 1.60. The lowest BCUT2D eigenvalue weighted by atomic mass is 10.1. The first kappa shape index (κ1) is 20.8. The zero-order chi connectivity index (χ0) is 20.8. The molecule has 1 aromatic heterocycles. The number of anilines is 1. The minimum Gasteiger partial charge on any atom is -0.493 e. The molecule has 150 valence electrons. The third-order valence-electron chi connectivity index (χ3n) is 3.93. The first-order chi connectivity index (χ1) is 14.0. The molecule has 2 amide bonds. The van der Waals surface area contributed by atoms with Crippen molar-refractivity contribution in [1.29, 1.82) is 0 Å². The summed E-state index contributed by atoms with van der Waals surface area (Å²) in [4.78, 5) is 28.7. The van der Waals surface area contributed by atoms with E-state index in [1.54, 1.807) is 38.5 Å². The third kappa shape index (κ3) is 5.33. The highest BCUT2D eigenvalue weighted by molar-refractivity contribution is 9.10. The fourth-order valence-corrected chi connectivity index (χ4v) is 3.65. The number of carbonyl (C=O) groups excluding carboxylic acids is 2. The molecule has 0 unspecified atom stereocenters. The van der Waals surface area contributed by atoms with Crippen LogP contribution in [0.5, 0.6) is 11.5 Å². The van der Waals surface area contributed by atoms with Crippen molar-refractivity contribution in [3.8, 4) is 22.8 Å². The van der Waals surface area contributed by atoms with E-state index in [2.05, 4.69) is 31.5 Å². The molecule has 7 nitrogen and oxygen atoms in total. The molecule has 9 heteroatoms. The van der Waals surface area contributed by atoms with E-state index >= 15 is 0 Å². The summed E-state index contributed by atoms with van der Waals surface area (Å²) in [5, 5.41) is 7.55. The lowest BCUT2D eigenvalue weighted by molar-refractivity contribution is -0.115. The maximum atomic E-state index is 12.1. The number of aromatic nitrogens is 1. The molecule has 3 rings (SSSR count). The molecule has 1 heterocycles. The van der Waals surface area contributed by atoms with Gasteiger partial charge in [-0.1, -0.05) is 22.0 Å². The van der Waals surface area contributed by atoms with E-state index in [1.165, 1.54) is 11.3 Å². The topological polar surface area (TPSA) is 89.6 Å². The predicted octanol–water partition coefficient (Wildman–Crippen LogP) is 3.96. The van der Waals surface area contributed by atoms with Gasteiger partial charge in [0.2, 0.25) is 5.91 Å². The molecule has 2 aromatic carbocycles. The van der Waals surface area contributed by atoms with Crippen molar-refractivity contribution in [2.45, 2.75) is 0 Å². The minimum atomic E-state index is -0.360. The van der Waals surface area contributed by atoms with Crippen LogP contribution < -0.4 is 20.1 Å². The summed E-state index contributed by atoms with van der Waals surface area (Å²) < 4.78 is 11.3. The average Bonchev–Trinajstić information content (AvgIpc) is 3.19. The summed E-state index contributed by atoms with van der Waals surface area (Å²) in [6, 6.07) is 12.4. The van der Waals surface area contributed by atoms with Crippen molar-refractivity contribution < 1.29 is 19.1 Å². The van der Waals surface area contributed by atoms with Gasteiger partial charge in [-0.05, 0) is 36.4 Å². The zero-order valence-corrected chi connectivity index (χ0v) is 18.1. The van der Waals surface area contributed by atoms with Crippen LogP contribution in [0.1, 0.15) is 10.4 Å². The van der Waals surface area contributed by atoms with Crippen LogP contribution in [-0.4, -0.2) is 37.6 Å². The molecule has 0 bridgehead atoms. The standard InChI is InChI=1S/C20H18BrN3O4S/c1-27-16-7-6-12(9-17(16)28-2)15-11-29-20(23-15)24-18(25)10-22-19(26)13-4-3-5-14(21)8-13/h3-9,11H,10H2,1-2H3,(H,22,26)(H,23,24,25). The lowest BCUT2D eigenvalue weighted by Gasteiger charge is -2.08. The summed E-state index contributed by atoms with van der Waals surface area (Å²) in [5.74, 6) is 0.535. The van der Waals surface area contributed by atoms with Gasteiger partial charge in [0.25, 0.3) is 5.91 Å². The first-order valence-corrected chi connectivity index (χ1v) is 10.2. The number of methoxy groups -OCH3 is 2. The number of thiazole rings is 1. The number of nitrogens with one attached hydrogen (secondary N) is 2. The first-order valence-electron chi connectivity index (χ1n) is 8.51. The molecule has 0 atom stereocenters. The van der Waals surface area contributed by atoms with Gasteiger partial charge in [0.05, 0.1) is 26.5 Å². The Hall–Kier alpha value is -2.91. The van der Waals surface area contributed by atoms with Crippen molar-refractivity contribution >= 4 is 44.2 Å². The number of nitrogens with zero attached hydrogens (tertiary/aromatic N) is 1. The molecule has 0 radical (unpaired) electrons. The molecule has 2 N–H and O–H groups in total. The van der Waals surface area contributed by atoms with Crippen LogP contribution in [0.3, 0.4) is 0 Å². The molecule has 0 saturated heterocycles. The average molecular weight is 476 g/mol.